The largest absolute Gasteiger partial charge is 0.393 e. The van der Waals surface area contributed by atoms with Crippen molar-refractivity contribution in [1.82, 2.24) is 15.0 Å². The number of imidazole rings is 1. The van der Waals surface area contributed by atoms with Crippen molar-refractivity contribution in [2.45, 2.75) is 19.3 Å². The van der Waals surface area contributed by atoms with Gasteiger partial charge < -0.3 is 9.84 Å². The van der Waals surface area contributed by atoms with Gasteiger partial charge in [-0.3, -0.25) is 4.98 Å². The molecule has 0 fully saturated rings. The Balaban J connectivity index is 2.06. The topological polar surface area (TPSA) is 74.9 Å². The number of aliphatic hydroxyl groups excluding tert-OH is 1. The standard InChI is InChI=1S/C11H11FN4O2/c1-6-9-10(14-4-13-6)16(5-15-9)11-8(12)2-7(3-17)18-11/h2,4-5,7,11,17H,3H2,1H3/p+1/t7-,11+/m1/s1. The Hall–Kier alpha value is -1.86. The number of rotatable bonds is 2. The molecule has 6 nitrogen and oxygen atoms in total. The highest BCUT2D eigenvalue weighted by Gasteiger charge is 2.33. The second-order valence-electron chi connectivity index (χ2n) is 4.10. The quantitative estimate of drug-likeness (QED) is 0.753. The summed E-state index contributed by atoms with van der Waals surface area (Å²) in [4.78, 5) is 11.2. The van der Waals surface area contributed by atoms with E-state index in [-0.39, 0.29) is 6.61 Å². The van der Waals surface area contributed by atoms with Crippen LogP contribution < -0.4 is 4.57 Å². The van der Waals surface area contributed by atoms with Crippen molar-refractivity contribution in [1.29, 1.82) is 0 Å². The van der Waals surface area contributed by atoms with E-state index in [0.29, 0.717) is 5.65 Å². The third-order valence-corrected chi connectivity index (χ3v) is 2.93. The number of aromatic amines is 1. The predicted octanol–water partition coefficient (Wildman–Crippen LogP) is 0.297. The van der Waals surface area contributed by atoms with Crippen molar-refractivity contribution < 1.29 is 18.8 Å². The number of hydrogen-bond donors (Lipinski definition) is 2. The molecular formula is C11H12FN4O2+. The second kappa shape index (κ2) is 4.11. The molecule has 0 amide bonds. The molecule has 1 aliphatic rings. The molecule has 2 N–H and O–H groups in total. The van der Waals surface area contributed by atoms with Crippen LogP contribution in [0, 0.1) is 6.92 Å². The van der Waals surface area contributed by atoms with Crippen LogP contribution in [0.4, 0.5) is 4.39 Å². The molecule has 94 valence electrons. The van der Waals surface area contributed by atoms with E-state index >= 15 is 0 Å². The van der Waals surface area contributed by atoms with E-state index in [1.54, 1.807) is 10.9 Å². The van der Waals surface area contributed by atoms with Gasteiger partial charge in [0.15, 0.2) is 24.0 Å². The Labute approximate surface area is 102 Å². The summed E-state index contributed by atoms with van der Waals surface area (Å²) in [6.45, 7) is 1.59. The van der Waals surface area contributed by atoms with Crippen LogP contribution in [0.2, 0.25) is 0 Å². The molecule has 0 saturated heterocycles. The SMILES string of the molecule is Cc1ncnc2c1[nH]c[n+]2[C@H]1O[C@@H](CO)C=C1F. The number of nitrogens with zero attached hydrogens (tertiary/aromatic N) is 3. The van der Waals surface area contributed by atoms with Gasteiger partial charge >= 0.3 is 5.65 Å². The number of hydrogen-bond acceptors (Lipinski definition) is 4. The van der Waals surface area contributed by atoms with Crippen LogP contribution >= 0.6 is 0 Å². The van der Waals surface area contributed by atoms with Gasteiger partial charge in [-0.25, -0.2) is 9.37 Å². The summed E-state index contributed by atoms with van der Waals surface area (Å²) in [7, 11) is 0. The Morgan fingerprint density at radius 2 is 2.39 bits per heavy atom. The summed E-state index contributed by atoms with van der Waals surface area (Å²) < 4.78 is 20.7. The monoisotopic (exact) mass is 251 g/mol. The molecule has 3 rings (SSSR count). The molecule has 0 spiro atoms. The molecule has 18 heavy (non-hydrogen) atoms. The summed E-state index contributed by atoms with van der Waals surface area (Å²) in [5, 5.41) is 8.98. The fraction of sp³-hybridized carbons (Fsp3) is 0.364. The summed E-state index contributed by atoms with van der Waals surface area (Å²) in [6, 6.07) is 0. The molecule has 7 heteroatoms. The van der Waals surface area contributed by atoms with Crippen molar-refractivity contribution in [3.63, 3.8) is 0 Å². The fourth-order valence-electron chi connectivity index (χ4n) is 2.02. The fourth-order valence-corrected chi connectivity index (χ4v) is 2.02. The van der Waals surface area contributed by atoms with Crippen LogP contribution in [0.3, 0.4) is 0 Å². The highest BCUT2D eigenvalue weighted by atomic mass is 19.1. The van der Waals surface area contributed by atoms with Crippen LogP contribution in [0.5, 0.6) is 0 Å². The summed E-state index contributed by atoms with van der Waals surface area (Å²) in [6.07, 6.45) is 2.78. The second-order valence-corrected chi connectivity index (χ2v) is 4.10. The Kier molecular flexibility index (Phi) is 2.57. The maximum atomic E-state index is 13.8. The number of aliphatic hydroxyl groups is 1. The van der Waals surface area contributed by atoms with Crippen molar-refractivity contribution in [2.24, 2.45) is 0 Å². The summed E-state index contributed by atoms with van der Waals surface area (Å²) >= 11 is 0. The van der Waals surface area contributed by atoms with Gasteiger partial charge in [0.1, 0.15) is 6.10 Å². The number of H-pyrrole nitrogens is 1. The molecule has 0 unspecified atom stereocenters. The van der Waals surface area contributed by atoms with Crippen LogP contribution in [0.15, 0.2) is 24.6 Å². The molecule has 2 aromatic heterocycles. The predicted molar refractivity (Wildman–Crippen MR) is 59.0 cm³/mol. The van der Waals surface area contributed by atoms with E-state index < -0.39 is 18.2 Å². The van der Waals surface area contributed by atoms with Crippen LogP contribution in [0.25, 0.3) is 11.2 Å². The van der Waals surface area contributed by atoms with Gasteiger partial charge in [-0.05, 0) is 13.0 Å². The zero-order chi connectivity index (χ0) is 12.7. The number of ether oxygens (including phenoxy) is 1. The first kappa shape index (κ1) is 11.2. The van der Waals surface area contributed by atoms with Gasteiger partial charge in [0.05, 0.1) is 12.3 Å². The molecule has 2 aromatic rings. The van der Waals surface area contributed by atoms with Crippen LogP contribution in [-0.4, -0.2) is 32.8 Å². The molecular weight excluding hydrogens is 239 g/mol. The van der Waals surface area contributed by atoms with E-state index in [1.807, 2.05) is 6.92 Å². The first-order valence-corrected chi connectivity index (χ1v) is 5.54. The van der Waals surface area contributed by atoms with Crippen molar-refractivity contribution >= 4 is 11.2 Å². The van der Waals surface area contributed by atoms with Crippen molar-refractivity contribution in [3.05, 3.63) is 30.3 Å². The molecule has 0 radical (unpaired) electrons. The van der Waals surface area contributed by atoms with E-state index in [9.17, 15) is 4.39 Å². The van der Waals surface area contributed by atoms with Crippen molar-refractivity contribution in [2.75, 3.05) is 6.61 Å². The highest BCUT2D eigenvalue weighted by Crippen LogP contribution is 2.26. The molecule has 1 aliphatic heterocycles. The van der Waals surface area contributed by atoms with E-state index in [2.05, 4.69) is 15.0 Å². The molecule has 0 aliphatic carbocycles. The van der Waals surface area contributed by atoms with Gasteiger partial charge in [-0.1, -0.05) is 4.98 Å². The van der Waals surface area contributed by atoms with E-state index in [0.717, 1.165) is 11.2 Å². The lowest BCUT2D eigenvalue weighted by Crippen LogP contribution is -2.40. The van der Waals surface area contributed by atoms with Crippen molar-refractivity contribution in [3.8, 4) is 0 Å². The zero-order valence-electron chi connectivity index (χ0n) is 9.67. The lowest BCUT2D eigenvalue weighted by atomic mass is 10.3. The number of aryl methyl sites for hydroxylation is 1. The zero-order valence-corrected chi connectivity index (χ0v) is 9.67. The lowest BCUT2D eigenvalue weighted by molar-refractivity contribution is -0.732. The third kappa shape index (κ3) is 1.59. The first-order chi connectivity index (χ1) is 8.70. The van der Waals surface area contributed by atoms with Gasteiger partial charge in [0, 0.05) is 0 Å². The Morgan fingerprint density at radius 1 is 1.56 bits per heavy atom. The number of nitrogens with one attached hydrogen (secondary N) is 1. The number of halogens is 1. The van der Waals surface area contributed by atoms with Gasteiger partial charge in [0.25, 0.3) is 0 Å². The maximum absolute atomic E-state index is 13.8. The van der Waals surface area contributed by atoms with Crippen LogP contribution in [-0.2, 0) is 4.74 Å². The Bertz CT molecular complexity index is 625. The lowest BCUT2D eigenvalue weighted by Gasteiger charge is -2.10. The summed E-state index contributed by atoms with van der Waals surface area (Å²) in [5.74, 6) is -0.434. The van der Waals surface area contributed by atoms with Gasteiger partial charge in [-0.15, -0.1) is 0 Å². The average molecular weight is 251 g/mol. The maximum Gasteiger partial charge on any atom is 0.307 e. The number of aromatic nitrogens is 4. The third-order valence-electron chi connectivity index (χ3n) is 2.93. The normalized spacial score (nSPS) is 23.6. The molecule has 0 bridgehead atoms. The number of fused-ring (bicyclic) bond motifs is 1. The first-order valence-electron chi connectivity index (χ1n) is 5.54. The molecule has 0 saturated carbocycles. The van der Waals surface area contributed by atoms with Crippen LogP contribution in [0.1, 0.15) is 11.9 Å². The minimum atomic E-state index is -0.884. The van der Waals surface area contributed by atoms with Gasteiger partial charge in [-0.2, -0.15) is 4.57 Å². The summed E-state index contributed by atoms with van der Waals surface area (Å²) in [5.41, 5.74) is 2.08. The van der Waals surface area contributed by atoms with E-state index in [1.165, 1.54) is 12.4 Å². The highest BCUT2D eigenvalue weighted by molar-refractivity contribution is 5.68. The molecule has 3 heterocycles. The smallest absolute Gasteiger partial charge is 0.307 e. The Morgan fingerprint density at radius 3 is 3.11 bits per heavy atom. The molecule has 0 aromatic carbocycles. The van der Waals surface area contributed by atoms with E-state index in [4.69, 9.17) is 9.84 Å². The minimum absolute atomic E-state index is 0.249. The van der Waals surface area contributed by atoms with Gasteiger partial charge in [0.2, 0.25) is 6.23 Å². The average Bonchev–Trinajstić information content (AvgIpc) is 2.93. The minimum Gasteiger partial charge on any atom is -0.393 e. The molecule has 2 atom stereocenters.